The lowest BCUT2D eigenvalue weighted by atomic mass is 10.2. The zero-order valence-corrected chi connectivity index (χ0v) is 13.3. The van der Waals surface area contributed by atoms with Crippen molar-refractivity contribution in [2.24, 2.45) is 0 Å². The molecule has 0 aliphatic rings. The second-order valence-electron chi connectivity index (χ2n) is 4.54. The number of nitrogens with one attached hydrogen (secondary N) is 1. The second kappa shape index (κ2) is 6.28. The minimum absolute atomic E-state index is 0.0183. The van der Waals surface area contributed by atoms with E-state index in [9.17, 15) is 9.59 Å². The van der Waals surface area contributed by atoms with Crippen LogP contribution in [0.2, 0.25) is 0 Å². The van der Waals surface area contributed by atoms with Gasteiger partial charge in [-0.2, -0.15) is 0 Å². The van der Waals surface area contributed by atoms with Crippen LogP contribution in [0.4, 0.5) is 5.13 Å². The number of thiophene rings is 1. The van der Waals surface area contributed by atoms with Crippen molar-refractivity contribution in [3.63, 3.8) is 0 Å². The van der Waals surface area contributed by atoms with Gasteiger partial charge in [0.15, 0.2) is 10.9 Å². The summed E-state index contributed by atoms with van der Waals surface area (Å²) in [5, 5.41) is 3.34. The van der Waals surface area contributed by atoms with Crippen LogP contribution >= 0.6 is 22.7 Å². The fourth-order valence-corrected chi connectivity index (χ4v) is 3.31. The van der Waals surface area contributed by atoms with E-state index < -0.39 is 0 Å². The lowest BCUT2D eigenvalue weighted by Gasteiger charge is -2.00. The molecule has 4 nitrogen and oxygen atoms in total. The number of hydrogen-bond donors (Lipinski definition) is 1. The number of aryl methyl sites for hydroxylation is 3. The topological polar surface area (TPSA) is 59.1 Å². The first-order valence-electron chi connectivity index (χ1n) is 6.29. The summed E-state index contributed by atoms with van der Waals surface area (Å²) >= 11 is 2.92. The number of anilines is 1. The molecule has 20 heavy (non-hydrogen) atoms. The van der Waals surface area contributed by atoms with E-state index >= 15 is 0 Å². The minimum atomic E-state index is -0.166. The summed E-state index contributed by atoms with van der Waals surface area (Å²) in [6.07, 6.45) is 0.419. The van der Waals surface area contributed by atoms with Crippen molar-refractivity contribution in [1.82, 2.24) is 4.98 Å². The first-order valence-corrected chi connectivity index (χ1v) is 7.92. The highest BCUT2D eigenvalue weighted by molar-refractivity contribution is 7.15. The highest BCUT2D eigenvalue weighted by Crippen LogP contribution is 2.21. The fourth-order valence-electron chi connectivity index (χ4n) is 1.64. The predicted molar refractivity (Wildman–Crippen MR) is 82.8 cm³/mol. The molecule has 2 aromatic rings. The first-order chi connectivity index (χ1) is 9.45. The molecule has 2 rings (SSSR count). The quantitative estimate of drug-likeness (QED) is 0.856. The van der Waals surface area contributed by atoms with Gasteiger partial charge in [-0.3, -0.25) is 9.59 Å². The van der Waals surface area contributed by atoms with Crippen molar-refractivity contribution < 1.29 is 9.59 Å². The Morgan fingerprint density at radius 1 is 1.15 bits per heavy atom. The summed E-state index contributed by atoms with van der Waals surface area (Å²) in [5.74, 6) is -0.148. The van der Waals surface area contributed by atoms with Crippen LogP contribution in [0, 0.1) is 20.8 Å². The Kier molecular flexibility index (Phi) is 4.67. The highest BCUT2D eigenvalue weighted by Gasteiger charge is 2.12. The Morgan fingerprint density at radius 3 is 2.45 bits per heavy atom. The van der Waals surface area contributed by atoms with Crippen molar-refractivity contribution in [2.75, 3.05) is 5.32 Å². The molecule has 106 valence electrons. The molecule has 0 aromatic carbocycles. The van der Waals surface area contributed by atoms with Gasteiger partial charge in [0, 0.05) is 22.6 Å². The maximum absolute atomic E-state index is 11.9. The van der Waals surface area contributed by atoms with Crippen molar-refractivity contribution in [2.45, 2.75) is 33.6 Å². The molecule has 0 saturated carbocycles. The summed E-state index contributed by atoms with van der Waals surface area (Å²) < 4.78 is 0. The van der Waals surface area contributed by atoms with E-state index in [1.54, 1.807) is 0 Å². The summed E-state index contributed by atoms with van der Waals surface area (Å²) in [6, 6.07) is 3.73. The van der Waals surface area contributed by atoms with Gasteiger partial charge >= 0.3 is 0 Å². The van der Waals surface area contributed by atoms with Crippen LogP contribution in [-0.2, 0) is 4.79 Å². The average molecular weight is 308 g/mol. The van der Waals surface area contributed by atoms with E-state index in [0.29, 0.717) is 5.13 Å². The Bertz CT molecular complexity index is 624. The predicted octanol–water partition coefficient (Wildman–Crippen LogP) is 3.73. The van der Waals surface area contributed by atoms with Gasteiger partial charge in [0.2, 0.25) is 5.91 Å². The summed E-state index contributed by atoms with van der Waals surface area (Å²) in [7, 11) is 0. The standard InChI is InChI=1S/C14H16N2O2S2/c1-8-4-6-12(19-8)11(17)5-7-13(18)16-14-15-9(2)10(3)20-14/h4,6H,5,7H2,1-3H3,(H,15,16,18). The Morgan fingerprint density at radius 2 is 1.90 bits per heavy atom. The molecule has 0 spiro atoms. The monoisotopic (exact) mass is 308 g/mol. The zero-order valence-electron chi connectivity index (χ0n) is 11.6. The number of thiazole rings is 1. The molecule has 0 saturated heterocycles. The molecule has 0 aliphatic carbocycles. The molecular formula is C14H16N2O2S2. The maximum Gasteiger partial charge on any atom is 0.226 e. The number of amides is 1. The van der Waals surface area contributed by atoms with Gasteiger partial charge in [0.25, 0.3) is 0 Å². The van der Waals surface area contributed by atoms with Crippen LogP contribution in [0.3, 0.4) is 0 Å². The minimum Gasteiger partial charge on any atom is -0.302 e. The van der Waals surface area contributed by atoms with E-state index in [4.69, 9.17) is 0 Å². The van der Waals surface area contributed by atoms with E-state index in [1.165, 1.54) is 22.7 Å². The molecule has 0 atom stereocenters. The van der Waals surface area contributed by atoms with Crippen molar-refractivity contribution in [3.8, 4) is 0 Å². The fraction of sp³-hybridized carbons (Fsp3) is 0.357. The number of Topliss-reactive ketones (excluding diaryl/α,β-unsaturated/α-hetero) is 1. The molecule has 2 aromatic heterocycles. The third-order valence-electron chi connectivity index (χ3n) is 2.87. The van der Waals surface area contributed by atoms with Crippen LogP contribution in [0.1, 0.15) is 38.0 Å². The largest absolute Gasteiger partial charge is 0.302 e. The second-order valence-corrected chi connectivity index (χ2v) is 7.03. The normalized spacial score (nSPS) is 10.6. The SMILES string of the molecule is Cc1ccc(C(=O)CCC(=O)Nc2nc(C)c(C)s2)s1. The van der Waals surface area contributed by atoms with Crippen LogP contribution < -0.4 is 5.32 Å². The Labute approximate surface area is 125 Å². The van der Waals surface area contributed by atoms with Crippen molar-refractivity contribution >= 4 is 39.5 Å². The molecule has 0 unspecified atom stereocenters. The lowest BCUT2D eigenvalue weighted by Crippen LogP contribution is -2.13. The Hall–Kier alpha value is -1.53. The van der Waals surface area contributed by atoms with E-state index in [1.807, 2.05) is 32.9 Å². The molecule has 0 aliphatic heterocycles. The molecule has 0 radical (unpaired) electrons. The molecule has 1 N–H and O–H groups in total. The van der Waals surface area contributed by atoms with Gasteiger partial charge in [-0.15, -0.1) is 22.7 Å². The molecule has 0 fully saturated rings. The maximum atomic E-state index is 11.9. The van der Waals surface area contributed by atoms with Gasteiger partial charge in [-0.1, -0.05) is 0 Å². The van der Waals surface area contributed by atoms with Gasteiger partial charge in [-0.25, -0.2) is 4.98 Å². The number of hydrogen-bond acceptors (Lipinski definition) is 5. The summed E-state index contributed by atoms with van der Waals surface area (Å²) in [5.41, 5.74) is 0.926. The summed E-state index contributed by atoms with van der Waals surface area (Å²) in [4.78, 5) is 30.8. The zero-order chi connectivity index (χ0) is 14.7. The molecule has 2 heterocycles. The highest BCUT2D eigenvalue weighted by atomic mass is 32.1. The number of rotatable bonds is 5. The number of aromatic nitrogens is 1. The van der Waals surface area contributed by atoms with E-state index in [2.05, 4.69) is 10.3 Å². The Balaban J connectivity index is 1.84. The van der Waals surface area contributed by atoms with Crippen LogP contribution in [0.5, 0.6) is 0 Å². The van der Waals surface area contributed by atoms with E-state index in [-0.39, 0.29) is 24.5 Å². The van der Waals surface area contributed by atoms with Crippen LogP contribution in [-0.4, -0.2) is 16.7 Å². The number of carbonyl (C=O) groups excluding carboxylic acids is 2. The average Bonchev–Trinajstić information content (AvgIpc) is 2.94. The van der Waals surface area contributed by atoms with E-state index in [0.717, 1.165) is 20.3 Å². The first kappa shape index (κ1) is 14.9. The van der Waals surface area contributed by atoms with Crippen LogP contribution in [0.25, 0.3) is 0 Å². The number of ketones is 1. The smallest absolute Gasteiger partial charge is 0.226 e. The summed E-state index contributed by atoms with van der Waals surface area (Å²) in [6.45, 7) is 5.83. The molecule has 1 amide bonds. The molecule has 6 heteroatoms. The van der Waals surface area contributed by atoms with Crippen molar-refractivity contribution in [1.29, 1.82) is 0 Å². The van der Waals surface area contributed by atoms with Gasteiger partial charge in [-0.05, 0) is 32.9 Å². The lowest BCUT2D eigenvalue weighted by molar-refractivity contribution is -0.116. The van der Waals surface area contributed by atoms with Gasteiger partial charge in [0.1, 0.15) is 0 Å². The third-order valence-corrected chi connectivity index (χ3v) is 4.90. The van der Waals surface area contributed by atoms with Gasteiger partial charge < -0.3 is 5.32 Å². The molecule has 0 bridgehead atoms. The number of carbonyl (C=O) groups is 2. The third kappa shape index (κ3) is 3.74. The van der Waals surface area contributed by atoms with Gasteiger partial charge in [0.05, 0.1) is 10.6 Å². The van der Waals surface area contributed by atoms with Crippen molar-refractivity contribution in [3.05, 3.63) is 32.5 Å². The number of nitrogens with zero attached hydrogens (tertiary/aromatic N) is 1. The molecular weight excluding hydrogens is 292 g/mol. The van der Waals surface area contributed by atoms with Crippen LogP contribution in [0.15, 0.2) is 12.1 Å².